The van der Waals surface area contributed by atoms with Gasteiger partial charge in [0.05, 0.1) is 25.3 Å². The molecule has 1 aromatic rings. The van der Waals surface area contributed by atoms with Gasteiger partial charge >= 0.3 is 0 Å². The number of nitriles is 1. The summed E-state index contributed by atoms with van der Waals surface area (Å²) in [5.74, 6) is 0.818. The van der Waals surface area contributed by atoms with Gasteiger partial charge in [0.1, 0.15) is 5.75 Å². The molecular weight excluding hydrogens is 256 g/mol. The molecule has 0 amide bonds. The molecule has 0 N–H and O–H groups in total. The lowest BCUT2D eigenvalue weighted by Crippen LogP contribution is -2.18. The van der Waals surface area contributed by atoms with Gasteiger partial charge in [0, 0.05) is 18.1 Å². The Balaban J connectivity index is 2.90. The van der Waals surface area contributed by atoms with Crippen LogP contribution in [0.4, 0.5) is 5.69 Å². The molecule has 0 unspecified atom stereocenters. The third kappa shape index (κ3) is 3.14. The van der Waals surface area contributed by atoms with Crippen molar-refractivity contribution in [1.29, 1.82) is 5.26 Å². The predicted octanol–water partition coefficient (Wildman–Crippen LogP) is 2.81. The second kappa shape index (κ2) is 5.62. The number of rotatable bonds is 4. The molecule has 0 aliphatic carbocycles. The van der Waals surface area contributed by atoms with Crippen LogP contribution in [0.15, 0.2) is 22.7 Å². The molecule has 0 spiro atoms. The molecule has 0 atom stereocenters. The molecule has 0 heterocycles. The molecule has 0 fully saturated rings. The molecule has 1 aromatic carbocycles. The minimum Gasteiger partial charge on any atom is -0.495 e. The number of hydrogen-bond acceptors (Lipinski definition) is 3. The number of methoxy groups -OCH3 is 1. The largest absolute Gasteiger partial charge is 0.495 e. The van der Waals surface area contributed by atoms with Crippen molar-refractivity contribution in [2.24, 2.45) is 0 Å². The first kappa shape index (κ1) is 11.9. The number of nitrogens with zero attached hydrogens (tertiary/aromatic N) is 2. The predicted molar refractivity (Wildman–Crippen MR) is 64.2 cm³/mol. The number of benzene rings is 1. The summed E-state index contributed by atoms with van der Waals surface area (Å²) in [5, 5.41) is 8.53. The van der Waals surface area contributed by atoms with Crippen LogP contribution < -0.4 is 9.64 Å². The van der Waals surface area contributed by atoms with Crippen LogP contribution in [0.25, 0.3) is 0 Å². The van der Waals surface area contributed by atoms with Gasteiger partial charge in [-0.1, -0.05) is 15.9 Å². The normalized spacial score (nSPS) is 9.47. The molecule has 0 saturated heterocycles. The lowest BCUT2D eigenvalue weighted by atomic mass is 10.2. The minimum atomic E-state index is 0.506. The van der Waals surface area contributed by atoms with Gasteiger partial charge in [0.15, 0.2) is 0 Å². The summed E-state index contributed by atoms with van der Waals surface area (Å²) in [6, 6.07) is 7.94. The molecule has 0 bridgehead atoms. The summed E-state index contributed by atoms with van der Waals surface area (Å²) in [6.45, 7) is 0.698. The summed E-state index contributed by atoms with van der Waals surface area (Å²) in [6.07, 6.45) is 0.506. The molecule has 0 radical (unpaired) electrons. The van der Waals surface area contributed by atoms with Crippen LogP contribution in [0.3, 0.4) is 0 Å². The second-order valence-corrected chi connectivity index (χ2v) is 4.06. The molecule has 4 heteroatoms. The monoisotopic (exact) mass is 268 g/mol. The molecule has 0 aliphatic rings. The molecule has 3 nitrogen and oxygen atoms in total. The SMILES string of the molecule is COc1ccc(Br)cc1N(C)CCC#N. The molecule has 0 aromatic heterocycles. The van der Waals surface area contributed by atoms with Crippen LogP contribution in [0.1, 0.15) is 6.42 Å². The van der Waals surface area contributed by atoms with E-state index in [2.05, 4.69) is 22.0 Å². The van der Waals surface area contributed by atoms with E-state index in [0.29, 0.717) is 13.0 Å². The van der Waals surface area contributed by atoms with Crippen molar-refractivity contribution < 1.29 is 4.74 Å². The fraction of sp³-hybridized carbons (Fsp3) is 0.364. The zero-order valence-electron chi connectivity index (χ0n) is 8.83. The second-order valence-electron chi connectivity index (χ2n) is 3.15. The Kier molecular flexibility index (Phi) is 4.44. The quantitative estimate of drug-likeness (QED) is 0.843. The van der Waals surface area contributed by atoms with Gasteiger partial charge in [-0.25, -0.2) is 0 Å². The van der Waals surface area contributed by atoms with Crippen molar-refractivity contribution in [2.75, 3.05) is 25.6 Å². The lowest BCUT2D eigenvalue weighted by Gasteiger charge is -2.20. The zero-order chi connectivity index (χ0) is 11.3. The van der Waals surface area contributed by atoms with E-state index in [-0.39, 0.29) is 0 Å². The number of hydrogen-bond donors (Lipinski definition) is 0. The van der Waals surface area contributed by atoms with E-state index in [1.165, 1.54) is 0 Å². The van der Waals surface area contributed by atoms with Crippen molar-refractivity contribution in [2.45, 2.75) is 6.42 Å². The molecule has 15 heavy (non-hydrogen) atoms. The van der Waals surface area contributed by atoms with Crippen molar-refractivity contribution in [3.8, 4) is 11.8 Å². The maximum absolute atomic E-state index is 8.53. The van der Waals surface area contributed by atoms with Crippen molar-refractivity contribution in [3.05, 3.63) is 22.7 Å². The van der Waals surface area contributed by atoms with E-state index in [9.17, 15) is 0 Å². The number of halogens is 1. The molecule has 1 rings (SSSR count). The summed E-state index contributed by atoms with van der Waals surface area (Å²) in [5.41, 5.74) is 0.988. The fourth-order valence-corrected chi connectivity index (χ4v) is 1.65. The lowest BCUT2D eigenvalue weighted by molar-refractivity contribution is 0.415. The smallest absolute Gasteiger partial charge is 0.142 e. The Morgan fingerprint density at radius 3 is 2.87 bits per heavy atom. The maximum Gasteiger partial charge on any atom is 0.142 e. The number of ether oxygens (including phenoxy) is 1. The van der Waals surface area contributed by atoms with Crippen LogP contribution >= 0.6 is 15.9 Å². The Bertz CT molecular complexity index is 373. The van der Waals surface area contributed by atoms with Gasteiger partial charge in [0.2, 0.25) is 0 Å². The standard InChI is InChI=1S/C11H13BrN2O/c1-14(7-3-6-13)10-8-9(12)4-5-11(10)15-2/h4-5,8H,3,7H2,1-2H3. The Labute approximate surface area is 98.4 Å². The molecular formula is C11H13BrN2O. The van der Waals surface area contributed by atoms with Gasteiger partial charge in [-0.2, -0.15) is 5.26 Å². The molecule has 0 aliphatic heterocycles. The van der Waals surface area contributed by atoms with Crippen molar-refractivity contribution in [3.63, 3.8) is 0 Å². The van der Waals surface area contributed by atoms with E-state index in [1.807, 2.05) is 30.1 Å². The van der Waals surface area contributed by atoms with Crippen molar-refractivity contribution >= 4 is 21.6 Å². The van der Waals surface area contributed by atoms with Crippen LogP contribution in [-0.4, -0.2) is 20.7 Å². The van der Waals surface area contributed by atoms with Gasteiger partial charge < -0.3 is 9.64 Å². The number of anilines is 1. The summed E-state index contributed by atoms with van der Waals surface area (Å²) >= 11 is 3.41. The first-order valence-electron chi connectivity index (χ1n) is 4.60. The maximum atomic E-state index is 8.53. The van der Waals surface area contributed by atoms with Gasteiger partial charge in [-0.15, -0.1) is 0 Å². The summed E-state index contributed by atoms with van der Waals surface area (Å²) in [4.78, 5) is 2.01. The Morgan fingerprint density at radius 2 is 2.27 bits per heavy atom. The highest BCUT2D eigenvalue weighted by Crippen LogP contribution is 2.30. The third-order valence-electron chi connectivity index (χ3n) is 2.11. The highest BCUT2D eigenvalue weighted by Gasteiger charge is 2.07. The Hall–Kier alpha value is -1.21. The van der Waals surface area contributed by atoms with E-state index < -0.39 is 0 Å². The topological polar surface area (TPSA) is 36.3 Å². The highest BCUT2D eigenvalue weighted by molar-refractivity contribution is 9.10. The average Bonchev–Trinajstić information content (AvgIpc) is 2.25. The van der Waals surface area contributed by atoms with Crippen molar-refractivity contribution in [1.82, 2.24) is 0 Å². The minimum absolute atomic E-state index is 0.506. The first-order chi connectivity index (χ1) is 7.19. The van der Waals surface area contributed by atoms with Crippen LogP contribution in [0.5, 0.6) is 5.75 Å². The first-order valence-corrected chi connectivity index (χ1v) is 5.40. The van der Waals surface area contributed by atoms with E-state index in [1.54, 1.807) is 7.11 Å². The average molecular weight is 269 g/mol. The van der Waals surface area contributed by atoms with Gasteiger partial charge in [-0.3, -0.25) is 0 Å². The van der Waals surface area contributed by atoms with E-state index in [0.717, 1.165) is 15.9 Å². The summed E-state index contributed by atoms with van der Waals surface area (Å²) < 4.78 is 6.26. The summed E-state index contributed by atoms with van der Waals surface area (Å²) in [7, 11) is 3.59. The van der Waals surface area contributed by atoms with Crippen LogP contribution in [-0.2, 0) is 0 Å². The molecule has 0 saturated carbocycles. The highest BCUT2D eigenvalue weighted by atomic mass is 79.9. The van der Waals surface area contributed by atoms with Crippen LogP contribution in [0.2, 0.25) is 0 Å². The third-order valence-corrected chi connectivity index (χ3v) is 2.60. The Morgan fingerprint density at radius 1 is 1.53 bits per heavy atom. The van der Waals surface area contributed by atoms with E-state index in [4.69, 9.17) is 10.00 Å². The van der Waals surface area contributed by atoms with E-state index >= 15 is 0 Å². The van der Waals surface area contributed by atoms with Gasteiger partial charge in [-0.05, 0) is 18.2 Å². The molecule has 80 valence electrons. The van der Waals surface area contributed by atoms with Crippen LogP contribution in [0, 0.1) is 11.3 Å². The fourth-order valence-electron chi connectivity index (χ4n) is 1.30. The zero-order valence-corrected chi connectivity index (χ0v) is 10.4. The van der Waals surface area contributed by atoms with Gasteiger partial charge in [0.25, 0.3) is 0 Å².